The number of aliphatic imine (C=N–C) groups is 1. The largest absolute Gasteiger partial charge is 0.356 e. The quantitative estimate of drug-likeness (QED) is 0.449. The van der Waals surface area contributed by atoms with Crippen LogP contribution in [0.15, 0.2) is 4.99 Å². The lowest BCUT2D eigenvalue weighted by molar-refractivity contribution is 0.418. The molecule has 0 saturated heterocycles. The van der Waals surface area contributed by atoms with Gasteiger partial charge in [0.15, 0.2) is 11.8 Å². The Morgan fingerprint density at radius 2 is 2.21 bits per heavy atom. The Hall–Kier alpha value is -1.24. The van der Waals surface area contributed by atoms with E-state index in [1.165, 1.54) is 32.1 Å². The minimum absolute atomic E-state index is 0.519. The molecule has 136 valence electrons. The van der Waals surface area contributed by atoms with Crippen LogP contribution in [0, 0.1) is 6.92 Å². The Morgan fingerprint density at radius 3 is 2.88 bits per heavy atom. The summed E-state index contributed by atoms with van der Waals surface area (Å²) in [5, 5.41) is 16.2. The van der Waals surface area contributed by atoms with Gasteiger partial charge in [0.25, 0.3) is 0 Å². The van der Waals surface area contributed by atoms with Crippen LogP contribution in [-0.2, 0) is 13.6 Å². The predicted octanol–water partition coefficient (Wildman–Crippen LogP) is 2.63. The molecule has 0 radical (unpaired) electrons. The Bertz CT molecular complexity index is 527. The first kappa shape index (κ1) is 19.1. The second-order valence-electron chi connectivity index (χ2n) is 6.53. The molecule has 0 aliphatic heterocycles. The Kier molecular flexibility index (Phi) is 7.88. The molecule has 2 atom stereocenters. The number of aryl methyl sites for hydroxylation is 1. The van der Waals surface area contributed by atoms with Crippen molar-refractivity contribution in [1.82, 2.24) is 25.4 Å². The highest BCUT2D eigenvalue weighted by atomic mass is 32.2. The van der Waals surface area contributed by atoms with E-state index in [2.05, 4.69) is 34.0 Å². The molecular formula is C17H32N6S. The zero-order valence-electron chi connectivity index (χ0n) is 15.5. The van der Waals surface area contributed by atoms with Gasteiger partial charge in [-0.1, -0.05) is 19.8 Å². The van der Waals surface area contributed by atoms with Crippen LogP contribution in [0.2, 0.25) is 0 Å². The van der Waals surface area contributed by atoms with Crippen molar-refractivity contribution in [3.63, 3.8) is 0 Å². The summed E-state index contributed by atoms with van der Waals surface area (Å²) in [4.78, 5) is 4.75. The third-order valence-corrected chi connectivity index (χ3v) is 5.78. The summed E-state index contributed by atoms with van der Waals surface area (Å²) >= 11 is 1.99. The molecule has 24 heavy (non-hydrogen) atoms. The smallest absolute Gasteiger partial charge is 0.191 e. The molecule has 7 heteroatoms. The van der Waals surface area contributed by atoms with Crippen LogP contribution in [0.4, 0.5) is 0 Å². The SMILES string of the molecule is CCCCNC(=NCc1nnc(C)n1C)NC1CCCC(SC)C1. The molecule has 1 aliphatic rings. The fourth-order valence-corrected chi connectivity index (χ4v) is 3.79. The first-order valence-electron chi connectivity index (χ1n) is 9.06. The summed E-state index contributed by atoms with van der Waals surface area (Å²) in [7, 11) is 1.99. The Morgan fingerprint density at radius 1 is 1.38 bits per heavy atom. The number of rotatable bonds is 7. The van der Waals surface area contributed by atoms with Crippen molar-refractivity contribution in [2.75, 3.05) is 12.8 Å². The van der Waals surface area contributed by atoms with Gasteiger partial charge in [-0.05, 0) is 38.9 Å². The number of unbranched alkanes of at least 4 members (excludes halogenated alkanes) is 1. The van der Waals surface area contributed by atoms with E-state index in [0.29, 0.717) is 12.6 Å². The molecule has 0 bridgehead atoms. The molecule has 0 amide bonds. The van der Waals surface area contributed by atoms with Crippen molar-refractivity contribution in [3.8, 4) is 0 Å². The van der Waals surface area contributed by atoms with Crippen LogP contribution >= 0.6 is 11.8 Å². The number of nitrogens with one attached hydrogen (secondary N) is 2. The first-order valence-corrected chi connectivity index (χ1v) is 10.3. The summed E-state index contributed by atoms with van der Waals surface area (Å²) in [6.07, 6.45) is 9.65. The first-order chi connectivity index (χ1) is 11.6. The highest BCUT2D eigenvalue weighted by Crippen LogP contribution is 2.26. The number of hydrogen-bond acceptors (Lipinski definition) is 4. The minimum atomic E-state index is 0.519. The fourth-order valence-electron chi connectivity index (χ4n) is 2.96. The van der Waals surface area contributed by atoms with Crippen LogP contribution in [0.3, 0.4) is 0 Å². The van der Waals surface area contributed by atoms with Gasteiger partial charge in [-0.3, -0.25) is 0 Å². The van der Waals surface area contributed by atoms with Crippen LogP contribution < -0.4 is 10.6 Å². The average Bonchev–Trinajstić information content (AvgIpc) is 2.91. The fraction of sp³-hybridized carbons (Fsp3) is 0.824. The van der Waals surface area contributed by atoms with Gasteiger partial charge in [-0.15, -0.1) is 10.2 Å². The van der Waals surface area contributed by atoms with Crippen molar-refractivity contribution >= 4 is 17.7 Å². The molecular weight excluding hydrogens is 320 g/mol. The molecule has 2 rings (SSSR count). The zero-order valence-corrected chi connectivity index (χ0v) is 16.3. The van der Waals surface area contributed by atoms with Crippen LogP contribution in [-0.4, -0.2) is 44.8 Å². The second-order valence-corrected chi connectivity index (χ2v) is 7.67. The number of aromatic nitrogens is 3. The molecule has 1 saturated carbocycles. The van der Waals surface area contributed by atoms with E-state index in [9.17, 15) is 0 Å². The molecule has 6 nitrogen and oxygen atoms in total. The summed E-state index contributed by atoms with van der Waals surface area (Å²) < 4.78 is 2.00. The molecule has 2 unspecified atom stereocenters. The molecule has 1 aromatic rings. The Balaban J connectivity index is 1.97. The highest BCUT2D eigenvalue weighted by molar-refractivity contribution is 7.99. The standard InChI is InChI=1S/C17H32N6S/c1-5-6-10-18-17(19-12-16-22-21-13(2)23(16)3)20-14-8-7-9-15(11-14)24-4/h14-15H,5-12H2,1-4H3,(H2,18,19,20). The molecule has 0 spiro atoms. The molecule has 1 aliphatic carbocycles. The third-order valence-electron chi connectivity index (χ3n) is 4.68. The number of hydrogen-bond donors (Lipinski definition) is 2. The number of nitrogens with zero attached hydrogens (tertiary/aromatic N) is 4. The van der Waals surface area contributed by atoms with Gasteiger partial charge < -0.3 is 15.2 Å². The van der Waals surface area contributed by atoms with Crippen LogP contribution in [0.1, 0.15) is 57.1 Å². The molecule has 1 heterocycles. The predicted molar refractivity (Wildman–Crippen MR) is 102 cm³/mol. The maximum Gasteiger partial charge on any atom is 0.191 e. The van der Waals surface area contributed by atoms with Gasteiger partial charge in [-0.25, -0.2) is 4.99 Å². The molecule has 2 N–H and O–H groups in total. The Labute approximate surface area is 150 Å². The monoisotopic (exact) mass is 352 g/mol. The maximum absolute atomic E-state index is 4.75. The van der Waals surface area contributed by atoms with Crippen molar-refractivity contribution in [1.29, 1.82) is 0 Å². The summed E-state index contributed by atoms with van der Waals surface area (Å²) in [6, 6.07) is 0.519. The molecule has 1 aromatic heterocycles. The van der Waals surface area contributed by atoms with Gasteiger partial charge in [0.1, 0.15) is 12.4 Å². The van der Waals surface area contributed by atoms with Crippen molar-refractivity contribution < 1.29 is 0 Å². The minimum Gasteiger partial charge on any atom is -0.356 e. The topological polar surface area (TPSA) is 67.1 Å². The van der Waals surface area contributed by atoms with E-state index in [-0.39, 0.29) is 0 Å². The van der Waals surface area contributed by atoms with Gasteiger partial charge >= 0.3 is 0 Å². The second kappa shape index (κ2) is 9.91. The van der Waals surface area contributed by atoms with E-state index in [0.717, 1.165) is 35.8 Å². The van der Waals surface area contributed by atoms with Crippen molar-refractivity contribution in [2.45, 2.75) is 70.2 Å². The van der Waals surface area contributed by atoms with E-state index in [4.69, 9.17) is 4.99 Å². The van der Waals surface area contributed by atoms with E-state index < -0.39 is 0 Å². The normalized spacial score (nSPS) is 21.8. The summed E-state index contributed by atoms with van der Waals surface area (Å²) in [5.41, 5.74) is 0. The zero-order chi connectivity index (χ0) is 17.4. The maximum atomic E-state index is 4.75. The average molecular weight is 353 g/mol. The van der Waals surface area contributed by atoms with E-state index in [1.54, 1.807) is 0 Å². The van der Waals surface area contributed by atoms with E-state index in [1.807, 2.05) is 30.3 Å². The van der Waals surface area contributed by atoms with Crippen LogP contribution in [0.5, 0.6) is 0 Å². The van der Waals surface area contributed by atoms with Crippen molar-refractivity contribution in [2.24, 2.45) is 12.0 Å². The van der Waals surface area contributed by atoms with Gasteiger partial charge in [0.2, 0.25) is 0 Å². The van der Waals surface area contributed by atoms with Gasteiger partial charge in [-0.2, -0.15) is 11.8 Å². The molecule has 0 aromatic carbocycles. The van der Waals surface area contributed by atoms with Crippen molar-refractivity contribution in [3.05, 3.63) is 11.6 Å². The van der Waals surface area contributed by atoms with Crippen LogP contribution in [0.25, 0.3) is 0 Å². The lowest BCUT2D eigenvalue weighted by Gasteiger charge is -2.30. The highest BCUT2D eigenvalue weighted by Gasteiger charge is 2.22. The summed E-state index contributed by atoms with van der Waals surface area (Å²) in [5.74, 6) is 2.73. The lowest BCUT2D eigenvalue weighted by atomic mass is 9.95. The van der Waals surface area contributed by atoms with Gasteiger partial charge in [0.05, 0.1) is 0 Å². The molecule has 1 fully saturated rings. The third kappa shape index (κ3) is 5.69. The number of guanidine groups is 1. The van der Waals surface area contributed by atoms with Gasteiger partial charge in [0, 0.05) is 24.9 Å². The number of thioether (sulfide) groups is 1. The summed E-state index contributed by atoms with van der Waals surface area (Å²) in [6.45, 7) is 5.68. The van der Waals surface area contributed by atoms with E-state index >= 15 is 0 Å². The lowest BCUT2D eigenvalue weighted by Crippen LogP contribution is -2.46.